The van der Waals surface area contributed by atoms with E-state index in [1.54, 1.807) is 12.3 Å². The van der Waals surface area contributed by atoms with Gasteiger partial charge in [-0.3, -0.25) is 0 Å². The van der Waals surface area contributed by atoms with Crippen molar-refractivity contribution >= 4 is 11.0 Å². The molecule has 0 aliphatic carbocycles. The van der Waals surface area contributed by atoms with Crippen LogP contribution in [0.4, 0.5) is 0 Å². The van der Waals surface area contributed by atoms with Crippen molar-refractivity contribution in [2.24, 2.45) is 0 Å². The molecule has 0 radical (unpaired) electrons. The number of hydrogen-bond donors (Lipinski definition) is 0. The first-order chi connectivity index (χ1) is 11.8. The molecule has 0 amide bonds. The minimum atomic E-state index is -0.315. The lowest BCUT2D eigenvalue weighted by Crippen LogP contribution is -2.09. The summed E-state index contributed by atoms with van der Waals surface area (Å²) >= 11 is 0. The average molecular weight is 314 g/mol. The molecule has 0 saturated heterocycles. The third kappa shape index (κ3) is 2.70. The molecule has 0 atom stereocenters. The van der Waals surface area contributed by atoms with Gasteiger partial charge in [0.2, 0.25) is 0 Å². The average Bonchev–Trinajstić information content (AvgIpc) is 2.63. The van der Waals surface area contributed by atoms with Crippen LogP contribution in [0, 0.1) is 0 Å². The van der Waals surface area contributed by atoms with Crippen LogP contribution in [0.5, 0.6) is 0 Å². The molecule has 0 bridgehead atoms. The van der Waals surface area contributed by atoms with E-state index in [0.29, 0.717) is 17.6 Å². The topological polar surface area (TPSA) is 56.0 Å². The van der Waals surface area contributed by atoms with Gasteiger partial charge in [0.05, 0.1) is 5.69 Å². The van der Waals surface area contributed by atoms with Crippen LogP contribution in [0.15, 0.2) is 82.1 Å². The van der Waals surface area contributed by atoms with Crippen molar-refractivity contribution < 1.29 is 4.42 Å². The minimum Gasteiger partial charge on any atom is -0.423 e. The normalized spacial score (nSPS) is 10.8. The summed E-state index contributed by atoms with van der Waals surface area (Å²) in [7, 11) is 0. The number of para-hydroxylation sites is 1. The number of benzene rings is 2. The van der Waals surface area contributed by atoms with Gasteiger partial charge in [-0.25, -0.2) is 4.79 Å². The maximum absolute atomic E-state index is 12.3. The van der Waals surface area contributed by atoms with Crippen molar-refractivity contribution in [1.29, 1.82) is 0 Å². The van der Waals surface area contributed by atoms with Crippen LogP contribution in [0.3, 0.4) is 0 Å². The second kappa shape index (κ2) is 6.08. The monoisotopic (exact) mass is 314 g/mol. The summed E-state index contributed by atoms with van der Waals surface area (Å²) in [4.78, 5) is 12.3. The lowest BCUT2D eigenvalue weighted by molar-refractivity contribution is 0.552. The molecule has 2 aromatic heterocycles. The van der Waals surface area contributed by atoms with E-state index in [9.17, 15) is 4.79 Å². The molecular formula is C20H14N2O2. The van der Waals surface area contributed by atoms with E-state index in [4.69, 9.17) is 4.42 Å². The Morgan fingerprint density at radius 1 is 0.875 bits per heavy atom. The second-order valence-corrected chi connectivity index (χ2v) is 5.54. The van der Waals surface area contributed by atoms with Crippen molar-refractivity contribution in [2.75, 3.05) is 0 Å². The predicted octanol–water partition coefficient (Wildman–Crippen LogP) is 3.84. The summed E-state index contributed by atoms with van der Waals surface area (Å²) in [6, 6.07) is 21.1. The van der Waals surface area contributed by atoms with Gasteiger partial charge in [-0.15, -0.1) is 0 Å². The molecule has 0 spiro atoms. The predicted molar refractivity (Wildman–Crippen MR) is 92.8 cm³/mol. The molecule has 2 heterocycles. The van der Waals surface area contributed by atoms with Gasteiger partial charge in [0.15, 0.2) is 0 Å². The van der Waals surface area contributed by atoms with Gasteiger partial charge >= 0.3 is 5.63 Å². The molecule has 0 aliphatic heterocycles. The zero-order valence-corrected chi connectivity index (χ0v) is 12.8. The fraction of sp³-hybridized carbons (Fsp3) is 0.0500. The number of nitrogens with zero attached hydrogens (tertiary/aromatic N) is 2. The Morgan fingerprint density at radius 2 is 1.67 bits per heavy atom. The maximum atomic E-state index is 12.3. The van der Waals surface area contributed by atoms with Gasteiger partial charge in [0, 0.05) is 29.1 Å². The maximum Gasteiger partial charge on any atom is 0.339 e. The molecule has 0 saturated carbocycles. The summed E-state index contributed by atoms with van der Waals surface area (Å²) in [6.45, 7) is 0. The summed E-state index contributed by atoms with van der Waals surface area (Å²) in [5.74, 6) is 0. The smallest absolute Gasteiger partial charge is 0.339 e. The van der Waals surface area contributed by atoms with Gasteiger partial charge in [0.25, 0.3) is 0 Å². The van der Waals surface area contributed by atoms with Crippen molar-refractivity contribution in [3.63, 3.8) is 0 Å². The quantitative estimate of drug-likeness (QED) is 0.539. The Labute approximate surface area is 138 Å². The zero-order valence-electron chi connectivity index (χ0n) is 12.8. The van der Waals surface area contributed by atoms with Crippen LogP contribution in [-0.4, -0.2) is 10.2 Å². The third-order valence-electron chi connectivity index (χ3n) is 3.95. The molecule has 4 heteroatoms. The van der Waals surface area contributed by atoms with E-state index in [1.807, 2.05) is 60.7 Å². The Balaban J connectivity index is 1.80. The van der Waals surface area contributed by atoms with Crippen LogP contribution in [0.2, 0.25) is 0 Å². The van der Waals surface area contributed by atoms with Crippen molar-refractivity contribution in [1.82, 2.24) is 10.2 Å². The number of aromatic nitrogens is 2. The highest BCUT2D eigenvalue weighted by molar-refractivity contribution is 5.77. The van der Waals surface area contributed by atoms with Gasteiger partial charge in [-0.1, -0.05) is 48.5 Å². The van der Waals surface area contributed by atoms with Gasteiger partial charge in [-0.05, 0) is 23.8 Å². The Kier molecular flexibility index (Phi) is 3.63. The molecule has 4 aromatic rings. The molecular weight excluding hydrogens is 300 g/mol. The number of hydrogen-bond acceptors (Lipinski definition) is 4. The van der Waals surface area contributed by atoms with Crippen molar-refractivity contribution in [3.05, 3.63) is 94.5 Å². The van der Waals surface area contributed by atoms with Crippen molar-refractivity contribution in [3.8, 4) is 11.3 Å². The SMILES string of the molecule is O=c1oc2ccccc2cc1Cc1ccnnc1-c1ccccc1. The van der Waals surface area contributed by atoms with E-state index in [0.717, 1.165) is 22.2 Å². The third-order valence-corrected chi connectivity index (χ3v) is 3.95. The van der Waals surface area contributed by atoms with E-state index >= 15 is 0 Å². The first kappa shape index (κ1) is 14.3. The molecule has 0 fully saturated rings. The summed E-state index contributed by atoms with van der Waals surface area (Å²) in [5, 5.41) is 9.15. The second-order valence-electron chi connectivity index (χ2n) is 5.54. The molecule has 24 heavy (non-hydrogen) atoms. The first-order valence-corrected chi connectivity index (χ1v) is 7.69. The van der Waals surface area contributed by atoms with Crippen LogP contribution in [0.1, 0.15) is 11.1 Å². The largest absolute Gasteiger partial charge is 0.423 e. The van der Waals surface area contributed by atoms with Crippen LogP contribution in [-0.2, 0) is 6.42 Å². The van der Waals surface area contributed by atoms with Crippen LogP contribution >= 0.6 is 0 Å². The highest BCUT2D eigenvalue weighted by Crippen LogP contribution is 2.22. The zero-order chi connectivity index (χ0) is 16.4. The minimum absolute atomic E-state index is 0.315. The van der Waals surface area contributed by atoms with E-state index in [1.165, 1.54) is 0 Å². The van der Waals surface area contributed by atoms with Gasteiger partial charge in [-0.2, -0.15) is 10.2 Å². The van der Waals surface area contributed by atoms with Crippen molar-refractivity contribution in [2.45, 2.75) is 6.42 Å². The number of rotatable bonds is 3. The molecule has 0 aliphatic rings. The Bertz CT molecular complexity index is 1060. The summed E-state index contributed by atoms with van der Waals surface area (Å²) < 4.78 is 5.42. The first-order valence-electron chi connectivity index (χ1n) is 7.69. The summed E-state index contributed by atoms with van der Waals surface area (Å²) in [6.07, 6.45) is 2.09. The lowest BCUT2D eigenvalue weighted by Gasteiger charge is -2.07. The molecule has 0 N–H and O–H groups in total. The highest BCUT2D eigenvalue weighted by atomic mass is 16.4. The van der Waals surface area contributed by atoms with E-state index < -0.39 is 0 Å². The van der Waals surface area contributed by atoms with Gasteiger partial charge < -0.3 is 4.42 Å². The molecule has 4 rings (SSSR count). The highest BCUT2D eigenvalue weighted by Gasteiger charge is 2.11. The Hall–Kier alpha value is -3.27. The fourth-order valence-corrected chi connectivity index (χ4v) is 2.77. The lowest BCUT2D eigenvalue weighted by atomic mass is 10.0. The standard InChI is InChI=1S/C20H14N2O2/c23-20-17(12-15-8-4-5-9-18(15)24-20)13-16-10-11-21-22-19(16)14-6-2-1-3-7-14/h1-12H,13H2. The number of fused-ring (bicyclic) bond motifs is 1. The molecule has 0 unspecified atom stereocenters. The molecule has 116 valence electrons. The van der Waals surface area contributed by atoms with Crippen LogP contribution in [0.25, 0.3) is 22.2 Å². The van der Waals surface area contributed by atoms with Gasteiger partial charge in [0.1, 0.15) is 5.58 Å². The molecule has 2 aromatic carbocycles. The van der Waals surface area contributed by atoms with Crippen LogP contribution < -0.4 is 5.63 Å². The van der Waals surface area contributed by atoms with E-state index in [2.05, 4.69) is 10.2 Å². The van der Waals surface area contributed by atoms with E-state index in [-0.39, 0.29) is 5.63 Å². The molecule has 4 nitrogen and oxygen atoms in total. The fourth-order valence-electron chi connectivity index (χ4n) is 2.77. The summed E-state index contributed by atoms with van der Waals surface area (Å²) in [5.41, 5.74) is 3.60. The Morgan fingerprint density at radius 3 is 2.54 bits per heavy atom.